The lowest BCUT2D eigenvalue weighted by Crippen LogP contribution is -2.22. The number of nitrogens with two attached hydrogens (primary N) is 2. The van der Waals surface area contributed by atoms with E-state index < -0.39 is 14.9 Å². The fraction of sp³-hybridized carbons (Fsp3) is 0.400. The summed E-state index contributed by atoms with van der Waals surface area (Å²) >= 11 is 0. The van der Waals surface area contributed by atoms with Crippen LogP contribution in [0.5, 0.6) is 0 Å². The van der Waals surface area contributed by atoms with Crippen molar-refractivity contribution >= 4 is 21.4 Å². The van der Waals surface area contributed by atoms with Crippen molar-refractivity contribution in [3.8, 4) is 0 Å². The lowest BCUT2D eigenvalue weighted by atomic mass is 10.2. The number of hydrogen-bond donors (Lipinski definition) is 2. The maximum absolute atomic E-state index is 11.2. The molecule has 0 bridgehead atoms. The first-order valence-corrected chi connectivity index (χ1v) is 7.04. The molecule has 0 saturated carbocycles. The van der Waals surface area contributed by atoms with Gasteiger partial charge in [-0.15, -0.1) is 0 Å². The molecule has 106 valence electrons. The maximum atomic E-state index is 11.2. The van der Waals surface area contributed by atoms with Crippen LogP contribution in [0.3, 0.4) is 0 Å². The summed E-state index contributed by atoms with van der Waals surface area (Å²) in [6.45, 7) is 0.999. The molecule has 4 N–H and O–H groups in total. The normalized spacial score (nSPS) is 11.3. The van der Waals surface area contributed by atoms with E-state index in [2.05, 4.69) is 0 Å². The molecule has 19 heavy (non-hydrogen) atoms. The van der Waals surface area contributed by atoms with Crippen molar-refractivity contribution in [3.05, 3.63) is 28.3 Å². The van der Waals surface area contributed by atoms with Crippen molar-refractivity contribution in [2.45, 2.75) is 11.3 Å². The minimum Gasteiger partial charge on any atom is -0.369 e. The van der Waals surface area contributed by atoms with Gasteiger partial charge in [0.1, 0.15) is 5.69 Å². The van der Waals surface area contributed by atoms with E-state index in [-0.39, 0.29) is 10.6 Å². The Kier molecular flexibility index (Phi) is 4.81. The molecule has 1 aromatic rings. The second kappa shape index (κ2) is 5.95. The topological polar surface area (TPSA) is 133 Å². The fourth-order valence-electron chi connectivity index (χ4n) is 1.60. The lowest BCUT2D eigenvalue weighted by Gasteiger charge is -2.18. The molecule has 0 spiro atoms. The Bertz CT molecular complexity index is 573. The zero-order valence-electron chi connectivity index (χ0n) is 10.4. The quantitative estimate of drug-likeness (QED) is 0.560. The number of benzene rings is 1. The number of hydrogen-bond acceptors (Lipinski definition) is 6. The summed E-state index contributed by atoms with van der Waals surface area (Å²) in [6.07, 6.45) is 0.671. The molecule has 0 heterocycles. The van der Waals surface area contributed by atoms with E-state index in [0.29, 0.717) is 25.2 Å². The molecule has 0 aliphatic carbocycles. The van der Waals surface area contributed by atoms with Crippen LogP contribution in [-0.4, -0.2) is 33.5 Å². The highest BCUT2D eigenvalue weighted by molar-refractivity contribution is 7.89. The smallest absolute Gasteiger partial charge is 0.293 e. The minimum absolute atomic E-state index is 0.282. The molecule has 0 amide bonds. The number of primary sulfonamides is 1. The highest BCUT2D eigenvalue weighted by Crippen LogP contribution is 2.29. The lowest BCUT2D eigenvalue weighted by molar-refractivity contribution is -0.384. The van der Waals surface area contributed by atoms with Crippen molar-refractivity contribution in [1.29, 1.82) is 0 Å². The van der Waals surface area contributed by atoms with Gasteiger partial charge in [0.25, 0.3) is 5.69 Å². The molecule has 0 fully saturated rings. The first-order valence-electron chi connectivity index (χ1n) is 5.50. The van der Waals surface area contributed by atoms with Crippen LogP contribution in [-0.2, 0) is 10.0 Å². The Hall–Kier alpha value is -1.71. The SMILES string of the molecule is CN(CCCN)c1ccc(S(N)(=O)=O)cc1[N+](=O)[O-]. The van der Waals surface area contributed by atoms with Crippen molar-refractivity contribution in [1.82, 2.24) is 0 Å². The molecule has 0 aliphatic heterocycles. The molecule has 0 atom stereocenters. The number of sulfonamides is 1. The largest absolute Gasteiger partial charge is 0.369 e. The zero-order chi connectivity index (χ0) is 14.6. The molecule has 8 nitrogen and oxygen atoms in total. The Morgan fingerprint density at radius 3 is 2.53 bits per heavy atom. The summed E-state index contributed by atoms with van der Waals surface area (Å²) < 4.78 is 22.4. The monoisotopic (exact) mass is 288 g/mol. The summed E-state index contributed by atoms with van der Waals surface area (Å²) in [4.78, 5) is 11.7. The third-order valence-electron chi connectivity index (χ3n) is 2.58. The third kappa shape index (κ3) is 3.88. The van der Waals surface area contributed by atoms with E-state index in [1.54, 1.807) is 11.9 Å². The predicted molar refractivity (Wildman–Crippen MR) is 71.4 cm³/mol. The van der Waals surface area contributed by atoms with E-state index in [1.807, 2.05) is 0 Å². The van der Waals surface area contributed by atoms with Crippen LogP contribution in [0.15, 0.2) is 23.1 Å². The minimum atomic E-state index is -3.96. The summed E-state index contributed by atoms with van der Waals surface area (Å²) in [5, 5.41) is 15.9. The fourth-order valence-corrected chi connectivity index (χ4v) is 2.13. The number of rotatable bonds is 6. The van der Waals surface area contributed by atoms with E-state index in [0.717, 1.165) is 6.07 Å². The highest BCUT2D eigenvalue weighted by atomic mass is 32.2. The maximum Gasteiger partial charge on any atom is 0.293 e. The van der Waals surface area contributed by atoms with Gasteiger partial charge in [0.15, 0.2) is 0 Å². The molecule has 0 unspecified atom stereocenters. The second-order valence-electron chi connectivity index (χ2n) is 4.02. The first-order chi connectivity index (χ1) is 8.77. The Labute approximate surface area is 111 Å². The third-order valence-corrected chi connectivity index (χ3v) is 3.49. The number of anilines is 1. The predicted octanol–water partition coefficient (Wildman–Crippen LogP) is 0.0272. The average Bonchev–Trinajstić information content (AvgIpc) is 2.34. The van der Waals surface area contributed by atoms with E-state index in [1.165, 1.54) is 12.1 Å². The standard InChI is InChI=1S/C10H16N4O4S/c1-13(6-2-5-11)9-4-3-8(19(12,17)18)7-10(9)14(15)16/h3-4,7H,2,5-6,11H2,1H3,(H2,12,17,18). The van der Waals surface area contributed by atoms with Gasteiger partial charge in [0, 0.05) is 19.7 Å². The van der Waals surface area contributed by atoms with Crippen molar-refractivity contribution in [3.63, 3.8) is 0 Å². The summed E-state index contributed by atoms with van der Waals surface area (Å²) in [6, 6.07) is 3.58. The van der Waals surface area contributed by atoms with Crippen LogP contribution in [0.2, 0.25) is 0 Å². The molecule has 0 aliphatic rings. The first kappa shape index (κ1) is 15.3. The van der Waals surface area contributed by atoms with Crippen LogP contribution < -0.4 is 15.8 Å². The van der Waals surface area contributed by atoms with Crippen LogP contribution in [0.25, 0.3) is 0 Å². The van der Waals surface area contributed by atoms with E-state index >= 15 is 0 Å². The van der Waals surface area contributed by atoms with Gasteiger partial charge in [-0.25, -0.2) is 13.6 Å². The molecule has 0 aromatic heterocycles. The number of nitro groups is 1. The van der Waals surface area contributed by atoms with Gasteiger partial charge in [0.05, 0.1) is 9.82 Å². The van der Waals surface area contributed by atoms with Gasteiger partial charge < -0.3 is 10.6 Å². The van der Waals surface area contributed by atoms with Crippen LogP contribution in [0.4, 0.5) is 11.4 Å². The molecule has 0 saturated heterocycles. The highest BCUT2D eigenvalue weighted by Gasteiger charge is 2.21. The molecule has 0 radical (unpaired) electrons. The van der Waals surface area contributed by atoms with Gasteiger partial charge in [-0.05, 0) is 25.1 Å². The van der Waals surface area contributed by atoms with Gasteiger partial charge in [0.2, 0.25) is 10.0 Å². The Balaban J connectivity index is 3.23. The molecule has 9 heteroatoms. The number of nitrogens with zero attached hydrogens (tertiary/aromatic N) is 2. The molecule has 1 aromatic carbocycles. The summed E-state index contributed by atoms with van der Waals surface area (Å²) in [5.74, 6) is 0. The van der Waals surface area contributed by atoms with Gasteiger partial charge in [-0.2, -0.15) is 0 Å². The van der Waals surface area contributed by atoms with E-state index in [4.69, 9.17) is 10.9 Å². The summed E-state index contributed by atoms with van der Waals surface area (Å²) in [5.41, 5.74) is 5.40. The van der Waals surface area contributed by atoms with Crippen molar-refractivity contribution < 1.29 is 13.3 Å². The average molecular weight is 288 g/mol. The van der Waals surface area contributed by atoms with Crippen LogP contribution >= 0.6 is 0 Å². The molecule has 1 rings (SSSR count). The Morgan fingerprint density at radius 2 is 2.05 bits per heavy atom. The molecular formula is C10H16N4O4S. The van der Waals surface area contributed by atoms with Gasteiger partial charge >= 0.3 is 0 Å². The zero-order valence-corrected chi connectivity index (χ0v) is 11.3. The second-order valence-corrected chi connectivity index (χ2v) is 5.58. The van der Waals surface area contributed by atoms with Crippen LogP contribution in [0.1, 0.15) is 6.42 Å². The van der Waals surface area contributed by atoms with Gasteiger partial charge in [-0.3, -0.25) is 10.1 Å². The van der Waals surface area contributed by atoms with Crippen molar-refractivity contribution in [2.24, 2.45) is 10.9 Å². The number of nitro benzene ring substituents is 1. The van der Waals surface area contributed by atoms with Crippen LogP contribution in [0, 0.1) is 10.1 Å². The molecular weight excluding hydrogens is 272 g/mol. The van der Waals surface area contributed by atoms with E-state index in [9.17, 15) is 18.5 Å². The van der Waals surface area contributed by atoms with Gasteiger partial charge in [-0.1, -0.05) is 0 Å². The van der Waals surface area contributed by atoms with Crippen molar-refractivity contribution in [2.75, 3.05) is 25.0 Å². The summed E-state index contributed by atoms with van der Waals surface area (Å²) in [7, 11) is -2.29. The Morgan fingerprint density at radius 1 is 1.42 bits per heavy atom.